The van der Waals surface area contributed by atoms with Gasteiger partial charge in [0, 0.05) is 11.9 Å². The van der Waals surface area contributed by atoms with Gasteiger partial charge in [-0.1, -0.05) is 31.2 Å². The van der Waals surface area contributed by atoms with Gasteiger partial charge in [-0.3, -0.25) is 9.78 Å². The van der Waals surface area contributed by atoms with Gasteiger partial charge in [-0.25, -0.2) is 9.37 Å². The van der Waals surface area contributed by atoms with E-state index >= 15 is 0 Å². The Hall–Kier alpha value is -3.54. The van der Waals surface area contributed by atoms with E-state index in [1.807, 2.05) is 24.3 Å². The van der Waals surface area contributed by atoms with Crippen LogP contribution in [0.5, 0.6) is 0 Å². The van der Waals surface area contributed by atoms with E-state index in [0.717, 1.165) is 17.7 Å². The molecule has 0 spiro atoms. The maximum absolute atomic E-state index is 13.2. The van der Waals surface area contributed by atoms with Crippen LogP contribution in [-0.4, -0.2) is 15.0 Å². The molecule has 0 saturated carbocycles. The van der Waals surface area contributed by atoms with E-state index in [4.69, 9.17) is 0 Å². The van der Waals surface area contributed by atoms with E-state index in [1.54, 1.807) is 24.4 Å². The van der Waals surface area contributed by atoms with E-state index < -0.39 is 0 Å². The van der Waals surface area contributed by atoms with Crippen LogP contribution in [0.15, 0.2) is 65.6 Å². The molecule has 4 aromatic rings. The summed E-state index contributed by atoms with van der Waals surface area (Å²) in [4.78, 5) is 24.1. The molecule has 2 aromatic heterocycles. The molecule has 2 heterocycles. The predicted molar refractivity (Wildman–Crippen MR) is 105 cm³/mol. The minimum atomic E-state index is -0.329. The topological polar surface area (TPSA) is 70.7 Å². The zero-order chi connectivity index (χ0) is 18.8. The summed E-state index contributed by atoms with van der Waals surface area (Å²) in [6.07, 6.45) is 2.55. The smallest absolute Gasteiger partial charge is 0.262 e. The third kappa shape index (κ3) is 3.42. The Balaban J connectivity index is 1.76. The number of halogens is 1. The molecule has 0 aliphatic carbocycles. The lowest BCUT2D eigenvalue weighted by molar-refractivity contribution is 0.628. The molecule has 0 amide bonds. The van der Waals surface area contributed by atoms with E-state index in [-0.39, 0.29) is 11.4 Å². The third-order valence-corrected chi connectivity index (χ3v) is 4.39. The maximum atomic E-state index is 13.2. The van der Waals surface area contributed by atoms with Crippen LogP contribution in [0.1, 0.15) is 12.5 Å². The standard InChI is InChI=1S/C21H17FN4O/c1-2-13-3-9-16(10-4-13)24-21-25-19-18(20(27)26-21)17(11-12-23-19)14-5-7-15(22)8-6-14/h3-12H,2H2,1H3,(H2,23,24,25,26,27). The number of aryl methyl sites for hydroxylation is 1. The van der Waals surface area contributed by atoms with Gasteiger partial charge in [0.2, 0.25) is 5.95 Å². The van der Waals surface area contributed by atoms with Crippen molar-refractivity contribution in [3.8, 4) is 11.1 Å². The van der Waals surface area contributed by atoms with Gasteiger partial charge in [-0.2, -0.15) is 4.98 Å². The van der Waals surface area contributed by atoms with Crippen molar-refractivity contribution in [2.45, 2.75) is 13.3 Å². The van der Waals surface area contributed by atoms with Crippen LogP contribution in [0.25, 0.3) is 22.2 Å². The second-order valence-corrected chi connectivity index (χ2v) is 6.15. The van der Waals surface area contributed by atoms with Crippen LogP contribution in [0.3, 0.4) is 0 Å². The van der Waals surface area contributed by atoms with Gasteiger partial charge >= 0.3 is 0 Å². The number of benzene rings is 2. The van der Waals surface area contributed by atoms with Crippen molar-refractivity contribution >= 4 is 22.7 Å². The minimum absolute atomic E-state index is 0.305. The molecule has 0 aliphatic heterocycles. The van der Waals surface area contributed by atoms with Crippen molar-refractivity contribution in [2.75, 3.05) is 5.32 Å². The number of aromatic nitrogens is 3. The highest BCUT2D eigenvalue weighted by atomic mass is 19.1. The third-order valence-electron chi connectivity index (χ3n) is 4.39. The van der Waals surface area contributed by atoms with Gasteiger partial charge in [0.15, 0.2) is 5.65 Å². The fourth-order valence-corrected chi connectivity index (χ4v) is 2.95. The highest BCUT2D eigenvalue weighted by molar-refractivity contribution is 5.92. The summed E-state index contributed by atoms with van der Waals surface area (Å²) in [5, 5.41) is 3.47. The normalized spacial score (nSPS) is 10.9. The Labute approximate surface area is 154 Å². The highest BCUT2D eigenvalue weighted by Gasteiger charge is 2.11. The number of hydrogen-bond acceptors (Lipinski definition) is 4. The number of H-pyrrole nitrogens is 1. The molecule has 5 nitrogen and oxygen atoms in total. The lowest BCUT2D eigenvalue weighted by Crippen LogP contribution is -2.13. The summed E-state index contributed by atoms with van der Waals surface area (Å²) in [6.45, 7) is 2.09. The average Bonchev–Trinajstić information content (AvgIpc) is 2.69. The summed E-state index contributed by atoms with van der Waals surface area (Å²) in [5.41, 5.74) is 3.46. The fraction of sp³-hybridized carbons (Fsp3) is 0.0952. The van der Waals surface area contributed by atoms with Crippen molar-refractivity contribution in [3.05, 3.63) is 82.5 Å². The first-order chi connectivity index (χ1) is 13.1. The molecule has 0 fully saturated rings. The van der Waals surface area contributed by atoms with Crippen molar-refractivity contribution in [1.29, 1.82) is 0 Å². The summed E-state index contributed by atoms with van der Waals surface area (Å²) in [6, 6.07) is 15.6. The summed E-state index contributed by atoms with van der Waals surface area (Å²) < 4.78 is 13.2. The van der Waals surface area contributed by atoms with Crippen molar-refractivity contribution in [2.24, 2.45) is 0 Å². The quantitative estimate of drug-likeness (QED) is 0.565. The second-order valence-electron chi connectivity index (χ2n) is 6.15. The van der Waals surface area contributed by atoms with Crippen LogP contribution in [0.2, 0.25) is 0 Å². The second kappa shape index (κ2) is 6.99. The zero-order valence-electron chi connectivity index (χ0n) is 14.7. The van der Waals surface area contributed by atoms with Crippen molar-refractivity contribution in [1.82, 2.24) is 15.0 Å². The molecule has 0 atom stereocenters. The molecular formula is C21H17FN4O. The molecule has 2 aromatic carbocycles. The molecule has 27 heavy (non-hydrogen) atoms. The Morgan fingerprint density at radius 1 is 1.04 bits per heavy atom. The number of hydrogen-bond donors (Lipinski definition) is 2. The number of rotatable bonds is 4. The van der Waals surface area contributed by atoms with E-state index in [0.29, 0.717) is 22.5 Å². The molecule has 0 unspecified atom stereocenters. The van der Waals surface area contributed by atoms with Crippen molar-refractivity contribution in [3.63, 3.8) is 0 Å². The number of fused-ring (bicyclic) bond motifs is 1. The summed E-state index contributed by atoms with van der Waals surface area (Å²) >= 11 is 0. The number of anilines is 2. The Morgan fingerprint density at radius 3 is 2.48 bits per heavy atom. The largest absolute Gasteiger partial charge is 0.326 e. The van der Waals surface area contributed by atoms with Gasteiger partial charge in [0.25, 0.3) is 5.56 Å². The SMILES string of the molecule is CCc1ccc(Nc2nc3nccc(-c4ccc(F)cc4)c3c(=O)[nH]2)cc1. The van der Waals surface area contributed by atoms with E-state index in [2.05, 4.69) is 27.2 Å². The first-order valence-electron chi connectivity index (χ1n) is 8.65. The Kier molecular flexibility index (Phi) is 4.38. The lowest BCUT2D eigenvalue weighted by Gasteiger charge is -2.09. The molecule has 6 heteroatoms. The minimum Gasteiger partial charge on any atom is -0.326 e. The summed E-state index contributed by atoms with van der Waals surface area (Å²) in [5.74, 6) is -0.00905. The highest BCUT2D eigenvalue weighted by Crippen LogP contribution is 2.25. The Bertz CT molecular complexity index is 1150. The van der Waals surface area contributed by atoms with Crippen LogP contribution in [-0.2, 0) is 6.42 Å². The van der Waals surface area contributed by atoms with Crippen LogP contribution in [0, 0.1) is 5.82 Å². The predicted octanol–water partition coefficient (Wildman–Crippen LogP) is 4.43. The maximum Gasteiger partial charge on any atom is 0.262 e. The molecule has 0 radical (unpaired) electrons. The first kappa shape index (κ1) is 16.9. The van der Waals surface area contributed by atoms with E-state index in [1.165, 1.54) is 17.7 Å². The Morgan fingerprint density at radius 2 is 1.78 bits per heavy atom. The average molecular weight is 360 g/mol. The fourth-order valence-electron chi connectivity index (χ4n) is 2.95. The number of aromatic amines is 1. The van der Waals surface area contributed by atoms with Gasteiger partial charge in [-0.05, 0) is 53.4 Å². The van der Waals surface area contributed by atoms with E-state index in [9.17, 15) is 9.18 Å². The van der Waals surface area contributed by atoms with Gasteiger partial charge in [0.1, 0.15) is 5.82 Å². The van der Waals surface area contributed by atoms with Crippen LogP contribution < -0.4 is 10.9 Å². The molecule has 4 rings (SSSR count). The van der Waals surface area contributed by atoms with Crippen LogP contribution >= 0.6 is 0 Å². The van der Waals surface area contributed by atoms with Gasteiger partial charge < -0.3 is 5.32 Å². The molecule has 134 valence electrons. The molecule has 0 aliphatic rings. The lowest BCUT2D eigenvalue weighted by atomic mass is 10.0. The summed E-state index contributed by atoms with van der Waals surface area (Å²) in [7, 11) is 0. The molecule has 2 N–H and O–H groups in total. The monoisotopic (exact) mass is 360 g/mol. The molecular weight excluding hydrogens is 343 g/mol. The zero-order valence-corrected chi connectivity index (χ0v) is 14.7. The van der Waals surface area contributed by atoms with Gasteiger partial charge in [0.05, 0.1) is 5.39 Å². The number of nitrogens with one attached hydrogen (secondary N) is 2. The first-order valence-corrected chi connectivity index (χ1v) is 8.65. The number of nitrogens with zero attached hydrogens (tertiary/aromatic N) is 2. The van der Waals surface area contributed by atoms with Crippen LogP contribution in [0.4, 0.5) is 16.0 Å². The number of pyridine rings is 1. The molecule has 0 saturated heterocycles. The molecule has 0 bridgehead atoms. The van der Waals surface area contributed by atoms with Gasteiger partial charge in [-0.15, -0.1) is 0 Å². The van der Waals surface area contributed by atoms with Crippen molar-refractivity contribution < 1.29 is 4.39 Å².